The Kier molecular flexibility index (Phi) is 3.22. The highest BCUT2D eigenvalue weighted by Crippen LogP contribution is 2.30. The second kappa shape index (κ2) is 4.93. The topological polar surface area (TPSA) is 47.0 Å². The first kappa shape index (κ1) is 13.7. The molecule has 0 bridgehead atoms. The first-order chi connectivity index (χ1) is 9.97. The second-order valence-electron chi connectivity index (χ2n) is 4.79. The van der Waals surface area contributed by atoms with Crippen LogP contribution in [-0.4, -0.2) is 19.7 Å². The Morgan fingerprint density at radius 1 is 1.00 bits per heavy atom. The number of nitrogens with zero attached hydrogens (tertiary/aromatic N) is 1. The van der Waals surface area contributed by atoms with Crippen molar-refractivity contribution >= 4 is 20.7 Å². The van der Waals surface area contributed by atoms with E-state index in [1.807, 2.05) is 24.3 Å². The van der Waals surface area contributed by atoms with Crippen molar-refractivity contribution in [1.82, 2.24) is 4.98 Å². The zero-order valence-electron chi connectivity index (χ0n) is 11.2. The lowest BCUT2D eigenvalue weighted by Gasteiger charge is -2.08. The van der Waals surface area contributed by atoms with Crippen LogP contribution < -0.4 is 0 Å². The van der Waals surface area contributed by atoms with Crippen LogP contribution in [-0.2, 0) is 9.84 Å². The van der Waals surface area contributed by atoms with Gasteiger partial charge in [0.1, 0.15) is 5.82 Å². The molecule has 0 saturated carbocycles. The van der Waals surface area contributed by atoms with Gasteiger partial charge in [-0.2, -0.15) is 0 Å². The Bertz CT molecular complexity index is 931. The summed E-state index contributed by atoms with van der Waals surface area (Å²) in [6, 6.07) is 13.1. The van der Waals surface area contributed by atoms with Gasteiger partial charge >= 0.3 is 0 Å². The van der Waals surface area contributed by atoms with E-state index in [-0.39, 0.29) is 4.90 Å². The summed E-state index contributed by atoms with van der Waals surface area (Å²) in [6.45, 7) is 0. The van der Waals surface area contributed by atoms with Crippen LogP contribution in [0.3, 0.4) is 0 Å². The molecule has 0 fully saturated rings. The van der Waals surface area contributed by atoms with Crippen molar-refractivity contribution in [1.29, 1.82) is 0 Å². The number of sulfone groups is 1. The second-order valence-corrected chi connectivity index (χ2v) is 6.81. The Morgan fingerprint density at radius 2 is 1.76 bits per heavy atom. The number of halogens is 1. The molecule has 1 heterocycles. The Morgan fingerprint density at radius 3 is 2.48 bits per heavy atom. The highest BCUT2D eigenvalue weighted by Gasteiger charge is 2.14. The quantitative estimate of drug-likeness (QED) is 0.728. The molecule has 2 aromatic carbocycles. The van der Waals surface area contributed by atoms with Crippen molar-refractivity contribution < 1.29 is 12.8 Å². The lowest BCUT2D eigenvalue weighted by atomic mass is 10.0. The van der Waals surface area contributed by atoms with Crippen LogP contribution in [0.4, 0.5) is 4.39 Å². The Hall–Kier alpha value is -2.27. The van der Waals surface area contributed by atoms with E-state index < -0.39 is 15.7 Å². The number of benzene rings is 2. The maximum Gasteiger partial charge on any atom is 0.175 e. The summed E-state index contributed by atoms with van der Waals surface area (Å²) in [7, 11) is -3.42. The van der Waals surface area contributed by atoms with Gasteiger partial charge in [-0.1, -0.05) is 30.3 Å². The van der Waals surface area contributed by atoms with Crippen molar-refractivity contribution in [2.45, 2.75) is 4.90 Å². The third-order valence-electron chi connectivity index (χ3n) is 3.29. The van der Waals surface area contributed by atoms with Crippen LogP contribution in [0.1, 0.15) is 0 Å². The Balaban J connectivity index is 2.25. The molecule has 3 nitrogen and oxygen atoms in total. The van der Waals surface area contributed by atoms with Crippen LogP contribution in [0.25, 0.3) is 22.0 Å². The maximum atomic E-state index is 14.3. The molecule has 5 heteroatoms. The SMILES string of the molecule is CS(=O)(=O)c1ccc(-c2cccc3cccnc23)c(F)c1. The normalized spacial score (nSPS) is 11.7. The smallest absolute Gasteiger partial charge is 0.175 e. The molecule has 0 spiro atoms. The number of aromatic nitrogens is 1. The standard InChI is InChI=1S/C16H12FNO2S/c1-21(19,20)12-7-8-13(15(17)10-12)14-6-2-4-11-5-3-9-18-16(11)14/h2-10H,1H3. The van der Waals surface area contributed by atoms with E-state index in [1.54, 1.807) is 12.3 Å². The van der Waals surface area contributed by atoms with Crippen molar-refractivity contribution in [3.05, 3.63) is 60.5 Å². The lowest BCUT2D eigenvalue weighted by molar-refractivity contribution is 0.596. The van der Waals surface area contributed by atoms with Gasteiger partial charge in [-0.15, -0.1) is 0 Å². The van der Waals surface area contributed by atoms with E-state index in [4.69, 9.17) is 0 Å². The minimum absolute atomic E-state index is 0.0306. The molecule has 0 aliphatic heterocycles. The molecule has 0 atom stereocenters. The molecule has 0 aliphatic rings. The molecule has 1 aromatic heterocycles. The molecule has 0 unspecified atom stereocenters. The van der Waals surface area contributed by atoms with Gasteiger partial charge in [-0.05, 0) is 18.2 Å². The molecule has 21 heavy (non-hydrogen) atoms. The number of fused-ring (bicyclic) bond motifs is 1. The summed E-state index contributed by atoms with van der Waals surface area (Å²) < 4.78 is 37.2. The van der Waals surface area contributed by atoms with Crippen molar-refractivity contribution in [2.24, 2.45) is 0 Å². The van der Waals surface area contributed by atoms with E-state index in [1.165, 1.54) is 12.1 Å². The summed E-state index contributed by atoms with van der Waals surface area (Å²) in [5.74, 6) is -0.573. The van der Waals surface area contributed by atoms with Gasteiger partial charge in [-0.25, -0.2) is 12.8 Å². The van der Waals surface area contributed by atoms with Crippen molar-refractivity contribution in [3.8, 4) is 11.1 Å². The summed E-state index contributed by atoms with van der Waals surface area (Å²) >= 11 is 0. The lowest BCUT2D eigenvalue weighted by Crippen LogP contribution is -1.98. The molecule has 0 saturated heterocycles. The van der Waals surface area contributed by atoms with E-state index >= 15 is 0 Å². The number of para-hydroxylation sites is 1. The van der Waals surface area contributed by atoms with Gasteiger partial charge in [0.05, 0.1) is 10.4 Å². The minimum Gasteiger partial charge on any atom is -0.256 e. The molecule has 0 N–H and O–H groups in total. The highest BCUT2D eigenvalue weighted by molar-refractivity contribution is 7.90. The molecule has 0 aliphatic carbocycles. The third-order valence-corrected chi connectivity index (χ3v) is 4.40. The summed E-state index contributed by atoms with van der Waals surface area (Å²) in [5.41, 5.74) is 1.67. The predicted octanol–water partition coefficient (Wildman–Crippen LogP) is 3.44. The van der Waals surface area contributed by atoms with Gasteiger partial charge in [0, 0.05) is 29.0 Å². The average molecular weight is 301 g/mol. The zero-order valence-corrected chi connectivity index (χ0v) is 12.1. The molecule has 0 amide bonds. The van der Waals surface area contributed by atoms with Crippen molar-refractivity contribution in [2.75, 3.05) is 6.26 Å². The molecular formula is C16H12FNO2S. The molecule has 3 aromatic rings. The highest BCUT2D eigenvalue weighted by atomic mass is 32.2. The number of hydrogen-bond donors (Lipinski definition) is 0. The van der Waals surface area contributed by atoms with Gasteiger partial charge in [0.2, 0.25) is 0 Å². The molecule has 106 valence electrons. The van der Waals surface area contributed by atoms with Gasteiger partial charge < -0.3 is 0 Å². The Labute approximate surface area is 122 Å². The fourth-order valence-corrected chi connectivity index (χ4v) is 2.90. The number of hydrogen-bond acceptors (Lipinski definition) is 3. The largest absolute Gasteiger partial charge is 0.256 e. The van der Waals surface area contributed by atoms with E-state index in [2.05, 4.69) is 4.98 Å². The first-order valence-corrected chi connectivity index (χ1v) is 8.20. The van der Waals surface area contributed by atoms with E-state index in [9.17, 15) is 12.8 Å². The van der Waals surface area contributed by atoms with Gasteiger partial charge in [0.25, 0.3) is 0 Å². The molecule has 3 rings (SSSR count). The minimum atomic E-state index is -3.42. The van der Waals surface area contributed by atoms with Crippen LogP contribution in [0, 0.1) is 5.82 Å². The summed E-state index contributed by atoms with van der Waals surface area (Å²) in [6.07, 6.45) is 2.70. The maximum absolute atomic E-state index is 14.3. The average Bonchev–Trinajstić information content (AvgIpc) is 2.46. The molecular weight excluding hydrogens is 289 g/mol. The first-order valence-electron chi connectivity index (χ1n) is 6.30. The number of rotatable bonds is 2. The van der Waals surface area contributed by atoms with Gasteiger partial charge in [-0.3, -0.25) is 4.98 Å². The fourth-order valence-electron chi connectivity index (χ4n) is 2.27. The van der Waals surface area contributed by atoms with Crippen LogP contribution >= 0.6 is 0 Å². The van der Waals surface area contributed by atoms with E-state index in [0.717, 1.165) is 17.7 Å². The monoisotopic (exact) mass is 301 g/mol. The predicted molar refractivity (Wildman–Crippen MR) is 80.2 cm³/mol. The van der Waals surface area contributed by atoms with E-state index in [0.29, 0.717) is 16.6 Å². The van der Waals surface area contributed by atoms with Crippen molar-refractivity contribution in [3.63, 3.8) is 0 Å². The zero-order chi connectivity index (χ0) is 15.0. The molecule has 0 radical (unpaired) electrons. The fraction of sp³-hybridized carbons (Fsp3) is 0.0625. The van der Waals surface area contributed by atoms with Crippen LogP contribution in [0.2, 0.25) is 0 Å². The van der Waals surface area contributed by atoms with Crippen LogP contribution in [0.15, 0.2) is 59.6 Å². The number of pyridine rings is 1. The summed E-state index contributed by atoms with van der Waals surface area (Å²) in [5, 5.41) is 0.904. The van der Waals surface area contributed by atoms with Gasteiger partial charge in [0.15, 0.2) is 9.84 Å². The van der Waals surface area contributed by atoms with Crippen LogP contribution in [0.5, 0.6) is 0 Å². The summed E-state index contributed by atoms with van der Waals surface area (Å²) in [4.78, 5) is 4.25. The third kappa shape index (κ3) is 2.52.